The first-order chi connectivity index (χ1) is 11.3. The number of rotatable bonds is 5. The molecule has 0 amide bonds. The molecule has 2 rings (SSSR count). The molecule has 1 N–H and O–H groups in total. The molecular formula is C17H22O7. The number of Topliss-reactive ketones (excluding diaryl/α,β-unsaturated/α-hetero) is 1. The van der Waals surface area contributed by atoms with Crippen LogP contribution >= 0.6 is 0 Å². The minimum Gasteiger partial charge on any atom is -0.475 e. The molecule has 1 aromatic rings. The quantitative estimate of drug-likeness (QED) is 0.650. The summed E-state index contributed by atoms with van der Waals surface area (Å²) in [7, 11) is 1.03. The molecule has 0 saturated carbocycles. The van der Waals surface area contributed by atoms with Gasteiger partial charge in [0.2, 0.25) is 0 Å². The molecule has 1 heterocycles. The fourth-order valence-electron chi connectivity index (χ4n) is 1.84. The van der Waals surface area contributed by atoms with Gasteiger partial charge in [-0.15, -0.1) is 0 Å². The van der Waals surface area contributed by atoms with Gasteiger partial charge in [-0.05, 0) is 24.6 Å². The lowest BCUT2D eigenvalue weighted by atomic mass is 10.1. The monoisotopic (exact) mass is 338 g/mol. The number of carbonyl (C=O) groups is 3. The van der Waals surface area contributed by atoms with Crippen LogP contribution in [0.15, 0.2) is 18.2 Å². The largest absolute Gasteiger partial charge is 0.475 e. The molecule has 1 aliphatic rings. The second kappa shape index (κ2) is 8.33. The van der Waals surface area contributed by atoms with Gasteiger partial charge >= 0.3 is 17.7 Å². The summed E-state index contributed by atoms with van der Waals surface area (Å²) >= 11 is 0. The molecule has 132 valence electrons. The number of aliphatic carboxylic acids is 1. The molecule has 0 spiro atoms. The molecule has 0 aromatic heterocycles. The van der Waals surface area contributed by atoms with Crippen molar-refractivity contribution in [2.24, 2.45) is 0 Å². The Labute approximate surface area is 140 Å². The number of hydrogen-bond donors (Lipinski definition) is 1. The van der Waals surface area contributed by atoms with E-state index in [0.29, 0.717) is 5.56 Å². The highest BCUT2D eigenvalue weighted by Gasteiger charge is 2.58. The third-order valence-electron chi connectivity index (χ3n) is 3.20. The van der Waals surface area contributed by atoms with Gasteiger partial charge in [0.25, 0.3) is 0 Å². The van der Waals surface area contributed by atoms with E-state index in [0.717, 1.165) is 7.11 Å². The van der Waals surface area contributed by atoms with E-state index in [1.54, 1.807) is 6.07 Å². The number of ketones is 1. The van der Waals surface area contributed by atoms with E-state index >= 15 is 0 Å². The van der Waals surface area contributed by atoms with Gasteiger partial charge in [0.1, 0.15) is 5.78 Å². The lowest BCUT2D eigenvalue weighted by Crippen LogP contribution is -2.54. The normalized spacial score (nSPS) is 17.5. The van der Waals surface area contributed by atoms with Crippen LogP contribution in [0.3, 0.4) is 0 Å². The van der Waals surface area contributed by atoms with Gasteiger partial charge in [-0.25, -0.2) is 9.59 Å². The van der Waals surface area contributed by atoms with Gasteiger partial charge in [-0.2, -0.15) is 0 Å². The van der Waals surface area contributed by atoms with Crippen LogP contribution in [0, 0.1) is 0 Å². The maximum absolute atomic E-state index is 11.6. The molecule has 7 nitrogen and oxygen atoms in total. The van der Waals surface area contributed by atoms with Crippen molar-refractivity contribution in [1.82, 2.24) is 0 Å². The minimum absolute atomic E-state index is 0.0543. The molecule has 0 radical (unpaired) electrons. The molecule has 24 heavy (non-hydrogen) atoms. The summed E-state index contributed by atoms with van der Waals surface area (Å²) in [6.07, 6.45) is 2.81. The van der Waals surface area contributed by atoms with Gasteiger partial charge in [-0.1, -0.05) is 32.8 Å². The van der Waals surface area contributed by atoms with Crippen LogP contribution in [-0.2, 0) is 25.5 Å². The Bertz CT molecular complexity index is 621. The lowest BCUT2D eigenvalue weighted by Gasteiger charge is -2.19. The average Bonchev–Trinajstić information content (AvgIpc) is 2.94. The average molecular weight is 338 g/mol. The lowest BCUT2D eigenvalue weighted by molar-refractivity contribution is -0.196. The number of unbranched alkanes of at least 4 members (excludes halogenated alkanes) is 1. The first kappa shape index (κ1) is 19.5. The van der Waals surface area contributed by atoms with Crippen molar-refractivity contribution in [3.05, 3.63) is 23.8 Å². The Morgan fingerprint density at radius 1 is 1.12 bits per heavy atom. The molecule has 7 heteroatoms. The zero-order chi connectivity index (χ0) is 18.3. The number of ether oxygens (including phenoxy) is 3. The maximum Gasteiger partial charge on any atom is 0.453 e. The standard InChI is InChI=1S/C13H12O7.C4H10/c1-7(14)5-8-3-4-9-10(6-8)20-13(19-9,11(15)16)12(17)18-2;1-3-4-2/h3-4,6H,5H2,1-2H3,(H,15,16);3-4H2,1-2H3. The summed E-state index contributed by atoms with van der Waals surface area (Å²) < 4.78 is 14.6. The van der Waals surface area contributed by atoms with Gasteiger partial charge in [0.15, 0.2) is 11.5 Å². The predicted molar refractivity (Wildman–Crippen MR) is 85.0 cm³/mol. The smallest absolute Gasteiger partial charge is 0.453 e. The molecule has 0 aliphatic carbocycles. The second-order valence-corrected chi connectivity index (χ2v) is 5.28. The second-order valence-electron chi connectivity index (χ2n) is 5.28. The third kappa shape index (κ3) is 4.24. The SMILES string of the molecule is CCCC.COC(=O)C1(C(=O)O)Oc2ccc(CC(C)=O)cc2O1. The first-order valence-electron chi connectivity index (χ1n) is 7.62. The van der Waals surface area contributed by atoms with E-state index in [-0.39, 0.29) is 23.7 Å². The molecule has 0 fully saturated rings. The topological polar surface area (TPSA) is 99.1 Å². The van der Waals surface area contributed by atoms with Crippen molar-refractivity contribution >= 4 is 17.7 Å². The minimum atomic E-state index is -2.54. The number of fused-ring (bicyclic) bond motifs is 1. The van der Waals surface area contributed by atoms with Crippen LogP contribution in [0.4, 0.5) is 0 Å². The summed E-state index contributed by atoms with van der Waals surface area (Å²) in [6, 6.07) is 4.50. The fourth-order valence-corrected chi connectivity index (χ4v) is 1.84. The highest BCUT2D eigenvalue weighted by atomic mass is 16.8. The van der Waals surface area contributed by atoms with E-state index in [2.05, 4.69) is 18.6 Å². The number of methoxy groups -OCH3 is 1. The van der Waals surface area contributed by atoms with E-state index in [1.165, 1.54) is 31.9 Å². The number of carboxylic acids is 1. The van der Waals surface area contributed by atoms with Gasteiger partial charge in [-0.3, -0.25) is 4.79 Å². The van der Waals surface area contributed by atoms with E-state index in [9.17, 15) is 14.4 Å². The summed E-state index contributed by atoms with van der Waals surface area (Å²) in [5.74, 6) is -5.20. The Balaban J connectivity index is 0.000000648. The van der Waals surface area contributed by atoms with Crippen molar-refractivity contribution in [1.29, 1.82) is 0 Å². The van der Waals surface area contributed by atoms with E-state index < -0.39 is 17.7 Å². The van der Waals surface area contributed by atoms with Crippen molar-refractivity contribution < 1.29 is 33.7 Å². The van der Waals surface area contributed by atoms with Crippen LogP contribution < -0.4 is 9.47 Å². The Hall–Kier alpha value is -2.57. The van der Waals surface area contributed by atoms with Crippen molar-refractivity contribution in [2.45, 2.75) is 45.8 Å². The highest BCUT2D eigenvalue weighted by Crippen LogP contribution is 2.40. The fraction of sp³-hybridized carbons (Fsp3) is 0.471. The van der Waals surface area contributed by atoms with E-state index in [1.807, 2.05) is 0 Å². The molecule has 0 saturated heterocycles. The van der Waals surface area contributed by atoms with Gasteiger partial charge in [0, 0.05) is 6.42 Å². The van der Waals surface area contributed by atoms with Gasteiger partial charge in [0.05, 0.1) is 7.11 Å². The Morgan fingerprint density at radius 3 is 2.17 bits per heavy atom. The maximum atomic E-state index is 11.6. The van der Waals surface area contributed by atoms with Crippen molar-refractivity contribution in [2.75, 3.05) is 7.11 Å². The number of hydrogen-bond acceptors (Lipinski definition) is 6. The molecule has 0 bridgehead atoms. The predicted octanol–water partition coefficient (Wildman–Crippen LogP) is 2.35. The molecule has 1 aliphatic heterocycles. The zero-order valence-electron chi connectivity index (χ0n) is 14.3. The number of esters is 1. The first-order valence-corrected chi connectivity index (χ1v) is 7.62. The molecule has 1 aromatic carbocycles. The van der Waals surface area contributed by atoms with Crippen LogP contribution in [0.2, 0.25) is 0 Å². The zero-order valence-corrected chi connectivity index (χ0v) is 14.3. The Kier molecular flexibility index (Phi) is 6.76. The number of carbonyl (C=O) groups excluding carboxylic acids is 2. The molecule has 1 unspecified atom stereocenters. The summed E-state index contributed by atoms with van der Waals surface area (Å²) in [4.78, 5) is 33.9. The van der Waals surface area contributed by atoms with Crippen LogP contribution in [0.25, 0.3) is 0 Å². The third-order valence-corrected chi connectivity index (χ3v) is 3.20. The summed E-state index contributed by atoms with van der Waals surface area (Å²) in [5.41, 5.74) is 0.630. The number of carboxylic acid groups (broad SMARTS) is 1. The molecule has 1 atom stereocenters. The highest BCUT2D eigenvalue weighted by molar-refractivity contribution is 6.02. The summed E-state index contributed by atoms with van der Waals surface area (Å²) in [6.45, 7) is 5.79. The van der Waals surface area contributed by atoms with Crippen LogP contribution in [0.5, 0.6) is 11.5 Å². The number of benzene rings is 1. The van der Waals surface area contributed by atoms with Crippen LogP contribution in [-0.4, -0.2) is 35.7 Å². The molecular weight excluding hydrogens is 316 g/mol. The van der Waals surface area contributed by atoms with E-state index in [4.69, 9.17) is 14.6 Å². The van der Waals surface area contributed by atoms with Crippen LogP contribution in [0.1, 0.15) is 39.2 Å². The summed E-state index contributed by atoms with van der Waals surface area (Å²) in [5, 5.41) is 9.15. The van der Waals surface area contributed by atoms with Crippen molar-refractivity contribution in [3.8, 4) is 11.5 Å². The van der Waals surface area contributed by atoms with Gasteiger partial charge < -0.3 is 19.3 Å². The Morgan fingerprint density at radius 2 is 1.71 bits per heavy atom. The van der Waals surface area contributed by atoms with Crippen molar-refractivity contribution in [3.63, 3.8) is 0 Å².